The van der Waals surface area contributed by atoms with Crippen molar-refractivity contribution >= 4 is 11.8 Å². The molecule has 2 amide bonds. The monoisotopic (exact) mass is 425 g/mol. The number of hydrogen-bond donors (Lipinski definition) is 2. The predicted molar refractivity (Wildman–Crippen MR) is 114 cm³/mol. The maximum atomic E-state index is 13.3. The quantitative estimate of drug-likeness (QED) is 0.710. The zero-order chi connectivity index (χ0) is 21.4. The highest BCUT2D eigenvalue weighted by atomic mass is 16.2. The van der Waals surface area contributed by atoms with Crippen LogP contribution >= 0.6 is 0 Å². The average molecular weight is 426 g/mol. The Morgan fingerprint density at radius 2 is 2.16 bits per heavy atom. The molecule has 166 valence electrons. The number of piperidine rings is 3. The zero-order valence-corrected chi connectivity index (χ0v) is 18.0. The average Bonchev–Trinajstić information content (AvgIpc) is 3.43. The van der Waals surface area contributed by atoms with Crippen LogP contribution in [0, 0.1) is 11.8 Å². The summed E-state index contributed by atoms with van der Waals surface area (Å²) in [6.07, 6.45) is 9.90. The lowest BCUT2D eigenvalue weighted by atomic mass is 9.71. The Balaban J connectivity index is 1.32. The molecule has 9 heteroatoms. The lowest BCUT2D eigenvalue weighted by Gasteiger charge is -2.55. The van der Waals surface area contributed by atoms with Gasteiger partial charge < -0.3 is 19.7 Å². The van der Waals surface area contributed by atoms with Crippen molar-refractivity contribution in [3.05, 3.63) is 36.2 Å². The van der Waals surface area contributed by atoms with Crippen LogP contribution in [0.1, 0.15) is 37.2 Å². The molecule has 3 aliphatic rings. The van der Waals surface area contributed by atoms with E-state index in [-0.39, 0.29) is 29.8 Å². The van der Waals surface area contributed by atoms with Crippen molar-refractivity contribution in [3.63, 3.8) is 0 Å². The molecule has 0 unspecified atom stereocenters. The van der Waals surface area contributed by atoms with Gasteiger partial charge in [-0.05, 0) is 31.2 Å². The number of hydrogen-bond acceptors (Lipinski definition) is 5. The van der Waals surface area contributed by atoms with Crippen LogP contribution < -0.4 is 5.32 Å². The first-order valence-electron chi connectivity index (χ1n) is 11.4. The van der Waals surface area contributed by atoms with Gasteiger partial charge in [0, 0.05) is 70.1 Å². The molecular weight excluding hydrogens is 394 g/mol. The van der Waals surface area contributed by atoms with E-state index in [0.29, 0.717) is 18.9 Å². The number of carbonyl (C=O) groups excluding carboxylic acids is 2. The van der Waals surface area contributed by atoms with E-state index in [0.717, 1.165) is 56.8 Å². The molecule has 31 heavy (non-hydrogen) atoms. The molecule has 0 saturated carbocycles. The summed E-state index contributed by atoms with van der Waals surface area (Å²) in [5, 5.41) is 9.88. The highest BCUT2D eigenvalue weighted by molar-refractivity contribution is 5.89. The predicted octanol–water partition coefficient (Wildman–Crippen LogP) is 0.704. The summed E-state index contributed by atoms with van der Waals surface area (Å²) in [7, 11) is 2.03. The number of fused-ring (bicyclic) bond motifs is 4. The zero-order valence-electron chi connectivity index (χ0n) is 18.0. The number of rotatable bonds is 6. The van der Waals surface area contributed by atoms with Gasteiger partial charge in [0.15, 0.2) is 0 Å². The van der Waals surface area contributed by atoms with E-state index in [4.69, 9.17) is 0 Å². The summed E-state index contributed by atoms with van der Waals surface area (Å²) in [5.74, 6) is 1.80. The van der Waals surface area contributed by atoms with Crippen LogP contribution in [0.4, 0.5) is 0 Å². The van der Waals surface area contributed by atoms with Crippen molar-refractivity contribution < 1.29 is 9.59 Å². The third-order valence-electron chi connectivity index (χ3n) is 7.27. The van der Waals surface area contributed by atoms with Crippen LogP contribution in [0.3, 0.4) is 0 Å². The molecule has 3 fully saturated rings. The summed E-state index contributed by atoms with van der Waals surface area (Å²) < 4.78 is 2.07. The van der Waals surface area contributed by atoms with Gasteiger partial charge in [-0.25, -0.2) is 4.98 Å². The van der Waals surface area contributed by atoms with Crippen LogP contribution in [0.5, 0.6) is 0 Å². The first-order valence-corrected chi connectivity index (χ1v) is 11.4. The molecule has 5 heterocycles. The SMILES string of the molecule is Cn1ccnc1CCN1C[C@@H]2C[C@H](C1)[C@H](C(=O)NCc1ccn[nH]1)N1C(=O)CCC[C@@H]21. The van der Waals surface area contributed by atoms with Crippen LogP contribution in [-0.4, -0.2) is 73.1 Å². The van der Waals surface area contributed by atoms with Gasteiger partial charge in [-0.3, -0.25) is 14.7 Å². The standard InChI is InChI=1S/C22H31N7O2/c1-27-10-8-23-19(27)6-9-28-13-15-11-16(14-28)21(29-18(15)3-2-4-20(29)30)22(31)24-12-17-5-7-25-26-17/h5,7-8,10,15-16,18,21H,2-4,6,9,11-14H2,1H3,(H,24,31)(H,25,26)/t15-,16+,18-,21+/m0/s1. The van der Waals surface area contributed by atoms with Crippen LogP contribution in [0.25, 0.3) is 0 Å². The number of aromatic amines is 1. The summed E-state index contributed by atoms with van der Waals surface area (Å²) in [6.45, 7) is 3.18. The number of imidazole rings is 1. The van der Waals surface area contributed by atoms with Crippen molar-refractivity contribution in [2.45, 2.75) is 50.7 Å². The Morgan fingerprint density at radius 3 is 2.94 bits per heavy atom. The highest BCUT2D eigenvalue weighted by Gasteiger charge is 2.51. The Hall–Kier alpha value is -2.68. The number of nitrogens with one attached hydrogen (secondary N) is 2. The molecule has 0 aliphatic carbocycles. The second kappa shape index (κ2) is 8.45. The van der Waals surface area contributed by atoms with Gasteiger partial charge in [-0.15, -0.1) is 0 Å². The maximum Gasteiger partial charge on any atom is 0.243 e. The summed E-state index contributed by atoms with van der Waals surface area (Å²) in [6, 6.07) is 1.65. The van der Waals surface area contributed by atoms with E-state index in [1.165, 1.54) is 0 Å². The van der Waals surface area contributed by atoms with Gasteiger partial charge in [0.1, 0.15) is 11.9 Å². The number of amides is 2. The van der Waals surface area contributed by atoms with Crippen molar-refractivity contribution in [1.82, 2.24) is 34.9 Å². The lowest BCUT2D eigenvalue weighted by Crippen LogP contribution is -2.68. The summed E-state index contributed by atoms with van der Waals surface area (Å²) >= 11 is 0. The third kappa shape index (κ3) is 3.98. The molecule has 2 N–H and O–H groups in total. The van der Waals surface area contributed by atoms with E-state index >= 15 is 0 Å². The normalized spacial score (nSPS) is 28.4. The van der Waals surface area contributed by atoms with Crippen molar-refractivity contribution in [1.29, 1.82) is 0 Å². The number of H-pyrrole nitrogens is 1. The number of carbonyl (C=O) groups is 2. The Morgan fingerprint density at radius 1 is 1.29 bits per heavy atom. The van der Waals surface area contributed by atoms with E-state index in [1.807, 2.05) is 30.4 Å². The van der Waals surface area contributed by atoms with E-state index < -0.39 is 0 Å². The first kappa shape index (κ1) is 20.2. The molecule has 9 nitrogen and oxygen atoms in total. The first-order chi connectivity index (χ1) is 15.1. The Labute approximate surface area is 182 Å². The van der Waals surface area contributed by atoms with Crippen LogP contribution in [-0.2, 0) is 29.6 Å². The molecular formula is C22H31N7O2. The molecule has 2 aromatic rings. The van der Waals surface area contributed by atoms with Gasteiger partial charge in [0.05, 0.1) is 12.2 Å². The van der Waals surface area contributed by atoms with Crippen LogP contribution in [0.15, 0.2) is 24.7 Å². The van der Waals surface area contributed by atoms with Gasteiger partial charge in [0.2, 0.25) is 11.8 Å². The lowest BCUT2D eigenvalue weighted by molar-refractivity contribution is -0.160. The molecule has 0 radical (unpaired) electrons. The van der Waals surface area contributed by atoms with Gasteiger partial charge in [0.25, 0.3) is 0 Å². The fourth-order valence-corrected chi connectivity index (χ4v) is 5.84. The Bertz CT molecular complexity index is 924. The highest BCUT2D eigenvalue weighted by Crippen LogP contribution is 2.41. The van der Waals surface area contributed by atoms with E-state index in [2.05, 4.69) is 30.0 Å². The summed E-state index contributed by atoms with van der Waals surface area (Å²) in [4.78, 5) is 35.1. The number of likely N-dealkylation sites (tertiary alicyclic amines) is 1. The Kier molecular flexibility index (Phi) is 5.52. The van der Waals surface area contributed by atoms with E-state index in [1.54, 1.807) is 6.20 Å². The number of nitrogens with zero attached hydrogens (tertiary/aromatic N) is 5. The van der Waals surface area contributed by atoms with Crippen molar-refractivity contribution in [3.8, 4) is 0 Å². The topological polar surface area (TPSA) is 99.2 Å². The van der Waals surface area contributed by atoms with Gasteiger partial charge in [-0.1, -0.05) is 0 Å². The van der Waals surface area contributed by atoms with Gasteiger partial charge in [-0.2, -0.15) is 5.10 Å². The molecule has 0 aromatic carbocycles. The minimum atomic E-state index is -0.382. The molecule has 2 bridgehead atoms. The smallest absolute Gasteiger partial charge is 0.243 e. The number of aryl methyl sites for hydroxylation is 1. The maximum absolute atomic E-state index is 13.3. The second-order valence-electron chi connectivity index (χ2n) is 9.22. The number of aromatic nitrogens is 4. The minimum absolute atomic E-state index is 0.0377. The molecule has 3 saturated heterocycles. The third-order valence-corrected chi connectivity index (χ3v) is 7.27. The minimum Gasteiger partial charge on any atom is -0.349 e. The van der Waals surface area contributed by atoms with Crippen molar-refractivity contribution in [2.24, 2.45) is 18.9 Å². The summed E-state index contributed by atoms with van der Waals surface area (Å²) in [5.41, 5.74) is 0.865. The van der Waals surface area contributed by atoms with Crippen molar-refractivity contribution in [2.75, 3.05) is 19.6 Å². The largest absolute Gasteiger partial charge is 0.349 e. The molecule has 4 atom stereocenters. The molecule has 0 spiro atoms. The van der Waals surface area contributed by atoms with Gasteiger partial charge >= 0.3 is 0 Å². The molecule has 3 aliphatic heterocycles. The van der Waals surface area contributed by atoms with E-state index in [9.17, 15) is 9.59 Å². The second-order valence-corrected chi connectivity index (χ2v) is 9.22. The van der Waals surface area contributed by atoms with Crippen LogP contribution in [0.2, 0.25) is 0 Å². The fourth-order valence-electron chi connectivity index (χ4n) is 5.84. The molecule has 2 aromatic heterocycles. The fraction of sp³-hybridized carbons (Fsp3) is 0.636. The molecule has 5 rings (SSSR count).